The summed E-state index contributed by atoms with van der Waals surface area (Å²) >= 11 is 1.72. The van der Waals surface area contributed by atoms with Crippen LogP contribution in [0.3, 0.4) is 0 Å². The van der Waals surface area contributed by atoms with Crippen molar-refractivity contribution in [1.82, 2.24) is 9.80 Å². The lowest BCUT2D eigenvalue weighted by Gasteiger charge is -2.25. The van der Waals surface area contributed by atoms with E-state index in [1.807, 2.05) is 61.6 Å². The lowest BCUT2D eigenvalue weighted by molar-refractivity contribution is -0.105. The van der Waals surface area contributed by atoms with Crippen molar-refractivity contribution >= 4 is 35.3 Å². The highest BCUT2D eigenvalue weighted by Gasteiger charge is 2.31. The Morgan fingerprint density at radius 3 is 2.24 bits per heavy atom. The molecule has 0 radical (unpaired) electrons. The smallest absolute Gasteiger partial charge is 0.315 e. The van der Waals surface area contributed by atoms with Crippen LogP contribution in [-0.4, -0.2) is 53.6 Å². The van der Waals surface area contributed by atoms with E-state index in [1.54, 1.807) is 18.3 Å². The molecule has 41 heavy (non-hydrogen) atoms. The number of ketones is 1. The van der Waals surface area contributed by atoms with Crippen molar-refractivity contribution in [2.75, 3.05) is 13.6 Å². The number of halogens is 3. The summed E-state index contributed by atoms with van der Waals surface area (Å²) in [5, 5.41) is 15.1. The molecular formula is C31H43F3N4O2S. The molecule has 3 heterocycles. The maximum Gasteiger partial charge on any atom is 0.417 e. The Balaban J connectivity index is 0.000000574. The molecule has 0 unspecified atom stereocenters. The summed E-state index contributed by atoms with van der Waals surface area (Å²) in [6, 6.07) is 0. The normalized spacial score (nSPS) is 16.1. The fourth-order valence-corrected chi connectivity index (χ4v) is 4.87. The van der Waals surface area contributed by atoms with Crippen molar-refractivity contribution in [3.63, 3.8) is 0 Å². The van der Waals surface area contributed by atoms with E-state index in [0.29, 0.717) is 11.8 Å². The molecule has 0 fully saturated rings. The lowest BCUT2D eigenvalue weighted by atomic mass is 10.0. The maximum absolute atomic E-state index is 11.8. The van der Waals surface area contributed by atoms with Gasteiger partial charge in [-0.25, -0.2) is 0 Å². The second kappa shape index (κ2) is 18.9. The first-order chi connectivity index (χ1) is 19.3. The van der Waals surface area contributed by atoms with Crippen molar-refractivity contribution in [1.29, 1.82) is 10.8 Å². The number of nitrogens with one attached hydrogen (secondary N) is 2. The van der Waals surface area contributed by atoms with Gasteiger partial charge in [0.15, 0.2) is 12.1 Å². The number of hydrogen-bond donors (Lipinski definition) is 2. The van der Waals surface area contributed by atoms with Gasteiger partial charge in [-0.2, -0.15) is 13.2 Å². The Hall–Kier alpha value is -3.37. The standard InChI is InChI=1S/C13H17NO.C10H13NOS.C6H7F3N2.C2H6/c1-4-11(3)13-8-6-7-9-14(13)12(5-2)10-15;1-7(12)9-6-13-10-5-11(2)4-3-8(9)10;1-4(11)2-5(3-10)6(7,8)9;1-2/h5-10H,4H2,1-3H3;6H,3-5H2,1-2H3;2-3,10-11H,1H3;1-2H3/b12-5-,13-11?;;5-2+,10-3?,11-4?;. The zero-order chi connectivity index (χ0) is 31.8. The highest BCUT2D eigenvalue weighted by Crippen LogP contribution is 2.28. The van der Waals surface area contributed by atoms with Gasteiger partial charge in [-0.1, -0.05) is 32.9 Å². The molecule has 6 nitrogen and oxygen atoms in total. The molecule has 10 heteroatoms. The fourth-order valence-electron chi connectivity index (χ4n) is 3.65. The summed E-state index contributed by atoms with van der Waals surface area (Å²) < 4.78 is 35.3. The van der Waals surface area contributed by atoms with Crippen LogP contribution in [-0.2, 0) is 17.8 Å². The van der Waals surface area contributed by atoms with Crippen molar-refractivity contribution in [3.8, 4) is 0 Å². The van der Waals surface area contributed by atoms with Crippen molar-refractivity contribution in [2.24, 2.45) is 0 Å². The quantitative estimate of drug-likeness (QED) is 0.151. The molecule has 0 aliphatic carbocycles. The average Bonchev–Trinajstić information content (AvgIpc) is 3.37. The Morgan fingerprint density at radius 1 is 1.17 bits per heavy atom. The minimum Gasteiger partial charge on any atom is -0.315 e. The summed E-state index contributed by atoms with van der Waals surface area (Å²) in [6.07, 6.45) is 8.86. The Labute approximate surface area is 246 Å². The van der Waals surface area contributed by atoms with Gasteiger partial charge >= 0.3 is 6.18 Å². The number of carbonyl (C=O) groups is 2. The molecule has 0 saturated carbocycles. The fraction of sp³-hybridized carbons (Fsp3) is 0.419. The highest BCUT2D eigenvalue weighted by molar-refractivity contribution is 7.10. The molecule has 2 aliphatic heterocycles. The molecule has 1 aromatic heterocycles. The molecule has 1 aromatic rings. The molecule has 0 amide bonds. The second-order valence-corrected chi connectivity index (χ2v) is 9.91. The minimum atomic E-state index is -4.52. The van der Waals surface area contributed by atoms with Crippen LogP contribution >= 0.6 is 11.3 Å². The van der Waals surface area contributed by atoms with Gasteiger partial charge in [0, 0.05) is 52.7 Å². The van der Waals surface area contributed by atoms with E-state index in [2.05, 4.69) is 25.8 Å². The first-order valence-electron chi connectivity index (χ1n) is 13.4. The number of fused-ring (bicyclic) bond motifs is 1. The number of carbonyl (C=O) groups excluding carboxylic acids is 2. The molecule has 0 atom stereocenters. The Kier molecular flexibility index (Phi) is 17.3. The number of nitrogens with zero attached hydrogens (tertiary/aromatic N) is 2. The van der Waals surface area contributed by atoms with Crippen LogP contribution in [0.25, 0.3) is 0 Å². The van der Waals surface area contributed by atoms with E-state index in [1.165, 1.54) is 22.9 Å². The topological polar surface area (TPSA) is 88.3 Å². The number of allylic oxidation sites excluding steroid dienone is 8. The van der Waals surface area contributed by atoms with Crippen molar-refractivity contribution < 1.29 is 22.8 Å². The van der Waals surface area contributed by atoms with Crippen molar-refractivity contribution in [3.05, 3.63) is 80.5 Å². The number of likely N-dealkylation sites (N-methyl/N-ethyl adjacent to an activating group) is 1. The monoisotopic (exact) mass is 592 g/mol. The highest BCUT2D eigenvalue weighted by atomic mass is 32.1. The van der Waals surface area contributed by atoms with Gasteiger partial charge in [0.05, 0.1) is 11.3 Å². The number of hydrogen-bond acceptors (Lipinski definition) is 7. The largest absolute Gasteiger partial charge is 0.417 e. The summed E-state index contributed by atoms with van der Waals surface area (Å²) in [6.45, 7) is 15.0. The zero-order valence-corrected chi connectivity index (χ0v) is 26.1. The van der Waals surface area contributed by atoms with E-state index in [9.17, 15) is 22.8 Å². The van der Waals surface area contributed by atoms with Crippen LogP contribution in [0.1, 0.15) is 75.7 Å². The van der Waals surface area contributed by atoms with Gasteiger partial charge in [-0.3, -0.25) is 9.59 Å². The maximum atomic E-state index is 11.8. The van der Waals surface area contributed by atoms with Crippen LogP contribution in [0.4, 0.5) is 13.2 Å². The Bertz CT molecular complexity index is 1200. The zero-order valence-electron chi connectivity index (χ0n) is 25.3. The van der Waals surface area contributed by atoms with Gasteiger partial charge in [0.2, 0.25) is 0 Å². The van der Waals surface area contributed by atoms with E-state index >= 15 is 0 Å². The van der Waals surface area contributed by atoms with E-state index < -0.39 is 11.7 Å². The summed E-state index contributed by atoms with van der Waals surface area (Å²) in [7, 11) is 2.12. The van der Waals surface area contributed by atoms with Crippen LogP contribution in [0.2, 0.25) is 0 Å². The Morgan fingerprint density at radius 2 is 1.80 bits per heavy atom. The molecule has 226 valence electrons. The van der Waals surface area contributed by atoms with Gasteiger partial charge in [-0.05, 0) is 76.9 Å². The third-order valence-electron chi connectivity index (χ3n) is 5.89. The predicted molar refractivity (Wildman–Crippen MR) is 165 cm³/mol. The van der Waals surface area contributed by atoms with Crippen molar-refractivity contribution in [2.45, 2.75) is 74.0 Å². The molecule has 0 aromatic carbocycles. The average molecular weight is 593 g/mol. The van der Waals surface area contributed by atoms with E-state index in [-0.39, 0.29) is 17.7 Å². The summed E-state index contributed by atoms with van der Waals surface area (Å²) in [5.41, 5.74) is 3.98. The van der Waals surface area contributed by atoms with Crippen LogP contribution in [0, 0.1) is 10.8 Å². The first kappa shape index (κ1) is 37.6. The molecule has 0 saturated heterocycles. The third-order valence-corrected chi connectivity index (χ3v) is 6.91. The van der Waals surface area contributed by atoms with Gasteiger partial charge < -0.3 is 20.6 Å². The number of alkyl halides is 3. The molecule has 0 bridgehead atoms. The SMILES string of the molecule is C/C=C(/C=O)N1C=CC=CC1=C(C)CC.CC.CC(=N)/C=C(\C=N)C(F)(F)F.CC(=O)c1csc2c1CCN(C)C2. The third kappa shape index (κ3) is 12.4. The predicted octanol–water partition coefficient (Wildman–Crippen LogP) is 8.29. The lowest BCUT2D eigenvalue weighted by Crippen LogP contribution is -2.25. The molecular weight excluding hydrogens is 549 g/mol. The van der Waals surface area contributed by atoms with Gasteiger partial charge in [0.25, 0.3) is 0 Å². The summed E-state index contributed by atoms with van der Waals surface area (Å²) in [5.74, 6) is 0.210. The van der Waals surface area contributed by atoms with Crippen LogP contribution in [0.5, 0.6) is 0 Å². The summed E-state index contributed by atoms with van der Waals surface area (Å²) in [4.78, 5) is 27.7. The van der Waals surface area contributed by atoms with Crippen LogP contribution < -0.4 is 0 Å². The van der Waals surface area contributed by atoms with E-state index in [4.69, 9.17) is 10.8 Å². The number of Topliss-reactive ketones (excluding diaryl/α,β-unsaturated/α-hetero) is 1. The van der Waals surface area contributed by atoms with Crippen LogP contribution in [0.15, 0.2) is 64.5 Å². The molecule has 2 N–H and O–H groups in total. The number of rotatable bonds is 6. The van der Waals surface area contributed by atoms with Gasteiger partial charge in [-0.15, -0.1) is 11.3 Å². The number of aldehydes is 1. The van der Waals surface area contributed by atoms with E-state index in [0.717, 1.165) is 43.5 Å². The molecule has 3 rings (SSSR count). The second-order valence-electron chi connectivity index (χ2n) is 8.94. The van der Waals surface area contributed by atoms with Gasteiger partial charge in [0.1, 0.15) is 0 Å². The molecule has 0 spiro atoms. The first-order valence-corrected chi connectivity index (χ1v) is 14.3. The minimum absolute atomic E-state index is 0.192. The molecule has 2 aliphatic rings. The number of thiophene rings is 1.